The molecule has 4 aromatic rings. The van der Waals surface area contributed by atoms with Gasteiger partial charge in [-0.15, -0.1) is 0 Å². The van der Waals surface area contributed by atoms with Gasteiger partial charge in [0.05, 0.1) is 22.0 Å². The van der Waals surface area contributed by atoms with Crippen molar-refractivity contribution in [3.05, 3.63) is 105 Å². The molecule has 202 valence electrons. The Morgan fingerprint density at radius 2 is 1.28 bits per heavy atom. The van der Waals surface area contributed by atoms with Gasteiger partial charge in [-0.25, -0.2) is 0 Å². The van der Waals surface area contributed by atoms with Crippen LogP contribution in [0.4, 0.5) is 11.4 Å². The molecular formula is C28H29N5O6. The van der Waals surface area contributed by atoms with Crippen molar-refractivity contribution in [1.82, 2.24) is 14.9 Å². The smallest absolute Gasteiger partial charge is 0.273 e. The summed E-state index contributed by atoms with van der Waals surface area (Å²) in [5, 5.41) is 31.3. The van der Waals surface area contributed by atoms with Crippen molar-refractivity contribution < 1.29 is 19.7 Å². The van der Waals surface area contributed by atoms with E-state index in [0.717, 1.165) is 40.7 Å². The van der Waals surface area contributed by atoms with E-state index < -0.39 is 9.85 Å². The number of nitro groups is 2. The monoisotopic (exact) mass is 531 g/mol. The van der Waals surface area contributed by atoms with E-state index in [1.807, 2.05) is 51.0 Å². The predicted molar refractivity (Wildman–Crippen MR) is 148 cm³/mol. The number of ether oxygens (including phenoxy) is 1. The number of pyridine rings is 2. The van der Waals surface area contributed by atoms with E-state index in [4.69, 9.17) is 4.74 Å². The highest BCUT2D eigenvalue weighted by atomic mass is 16.6. The molecule has 0 amide bonds. The van der Waals surface area contributed by atoms with Crippen molar-refractivity contribution in [1.29, 1.82) is 0 Å². The number of phenolic OH excluding ortho intramolecular Hbond substituents is 1. The lowest BCUT2D eigenvalue weighted by Gasteiger charge is -2.12. The topological polar surface area (TPSA) is 145 Å². The maximum Gasteiger partial charge on any atom is 0.273 e. The average Bonchev–Trinajstić information content (AvgIpc) is 2.88. The van der Waals surface area contributed by atoms with E-state index in [1.165, 1.54) is 18.2 Å². The van der Waals surface area contributed by atoms with Gasteiger partial charge in [-0.2, -0.15) is 0 Å². The Bertz CT molecular complexity index is 1470. The molecule has 11 heteroatoms. The lowest BCUT2D eigenvalue weighted by atomic mass is 10.1. The third-order valence-electron chi connectivity index (χ3n) is 5.48. The number of likely N-dealkylation sites (N-methyl/N-ethyl adjacent to an activating group) is 1. The summed E-state index contributed by atoms with van der Waals surface area (Å²) in [4.78, 5) is 31.0. The van der Waals surface area contributed by atoms with E-state index in [0.29, 0.717) is 17.9 Å². The zero-order chi connectivity index (χ0) is 28.5. The minimum Gasteiger partial charge on any atom is -0.508 e. The molecule has 0 aliphatic heterocycles. The first-order valence-corrected chi connectivity index (χ1v) is 11.9. The highest BCUT2D eigenvalue weighted by Crippen LogP contribution is 2.30. The number of phenols is 1. The first kappa shape index (κ1) is 28.7. The predicted octanol–water partition coefficient (Wildman–Crippen LogP) is 5.58. The molecule has 2 heterocycles. The summed E-state index contributed by atoms with van der Waals surface area (Å²) in [5.41, 5.74) is 4.58. The van der Waals surface area contributed by atoms with Gasteiger partial charge in [-0.05, 0) is 86.6 Å². The van der Waals surface area contributed by atoms with Crippen LogP contribution in [0.2, 0.25) is 0 Å². The van der Waals surface area contributed by atoms with Crippen LogP contribution in [0.3, 0.4) is 0 Å². The molecule has 2 aromatic heterocycles. The summed E-state index contributed by atoms with van der Waals surface area (Å²) in [6.45, 7) is 4.94. The number of hydrogen-bond donors (Lipinski definition) is 1. The number of benzene rings is 2. The van der Waals surface area contributed by atoms with Crippen LogP contribution in [0.25, 0.3) is 22.3 Å². The second-order valence-corrected chi connectivity index (χ2v) is 8.99. The normalized spacial score (nSPS) is 10.5. The minimum absolute atomic E-state index is 0.0202. The molecule has 0 aliphatic carbocycles. The number of aromatic nitrogens is 2. The van der Waals surface area contributed by atoms with Crippen molar-refractivity contribution in [2.75, 3.05) is 27.2 Å². The fourth-order valence-corrected chi connectivity index (χ4v) is 3.60. The molecule has 0 unspecified atom stereocenters. The van der Waals surface area contributed by atoms with Crippen molar-refractivity contribution in [2.24, 2.45) is 0 Å². The van der Waals surface area contributed by atoms with Gasteiger partial charge >= 0.3 is 0 Å². The Kier molecular flexibility index (Phi) is 9.60. The molecule has 0 saturated carbocycles. The van der Waals surface area contributed by atoms with Crippen molar-refractivity contribution >= 4 is 11.4 Å². The van der Waals surface area contributed by atoms with Gasteiger partial charge in [0.15, 0.2) is 0 Å². The zero-order valence-electron chi connectivity index (χ0n) is 22.1. The van der Waals surface area contributed by atoms with Gasteiger partial charge in [-0.1, -0.05) is 0 Å². The van der Waals surface area contributed by atoms with Gasteiger partial charge in [0.1, 0.15) is 18.1 Å². The van der Waals surface area contributed by atoms with Gasteiger partial charge in [0.2, 0.25) is 0 Å². The SMILES string of the molecule is Cc1cc(-c2cc(O)cc([N+](=O)[O-])c2)ccn1.Cc1cc(-c2cc(OCCN(C)C)cc([N+](=O)[O-])c2)ccn1. The molecule has 2 aromatic carbocycles. The Labute approximate surface area is 225 Å². The van der Waals surface area contributed by atoms with Crippen LogP contribution >= 0.6 is 0 Å². The summed E-state index contributed by atoms with van der Waals surface area (Å²) < 4.78 is 5.64. The second kappa shape index (κ2) is 13.1. The van der Waals surface area contributed by atoms with Crippen molar-refractivity contribution in [3.8, 4) is 33.8 Å². The molecule has 11 nitrogen and oxygen atoms in total. The maximum atomic E-state index is 11.1. The molecule has 39 heavy (non-hydrogen) atoms. The lowest BCUT2D eigenvalue weighted by Crippen LogP contribution is -2.19. The molecule has 0 bridgehead atoms. The number of rotatable bonds is 8. The van der Waals surface area contributed by atoms with Crippen LogP contribution in [-0.4, -0.2) is 57.1 Å². The van der Waals surface area contributed by atoms with E-state index in [1.54, 1.807) is 30.6 Å². The van der Waals surface area contributed by atoms with Crippen molar-refractivity contribution in [2.45, 2.75) is 13.8 Å². The third kappa shape index (κ3) is 8.58. The molecule has 0 fully saturated rings. The first-order valence-electron chi connectivity index (χ1n) is 11.9. The quantitative estimate of drug-likeness (QED) is 0.227. The highest BCUT2D eigenvalue weighted by molar-refractivity contribution is 5.69. The fraction of sp³-hybridized carbons (Fsp3) is 0.214. The fourth-order valence-electron chi connectivity index (χ4n) is 3.60. The van der Waals surface area contributed by atoms with E-state index in [2.05, 4.69) is 9.97 Å². The minimum atomic E-state index is -0.530. The molecule has 0 spiro atoms. The van der Waals surface area contributed by atoms with Gasteiger partial charge in [0, 0.05) is 42.5 Å². The molecule has 0 saturated heterocycles. The second-order valence-electron chi connectivity index (χ2n) is 8.99. The van der Waals surface area contributed by atoms with Crippen LogP contribution in [-0.2, 0) is 0 Å². The number of hydrogen-bond acceptors (Lipinski definition) is 9. The first-order chi connectivity index (χ1) is 18.5. The Morgan fingerprint density at radius 1 is 0.769 bits per heavy atom. The number of non-ortho nitro benzene ring substituents is 2. The van der Waals surface area contributed by atoms with Gasteiger partial charge in [-0.3, -0.25) is 30.2 Å². The summed E-state index contributed by atoms with van der Waals surface area (Å²) in [7, 11) is 3.89. The van der Waals surface area contributed by atoms with Crippen LogP contribution in [0.5, 0.6) is 11.5 Å². The van der Waals surface area contributed by atoms with E-state index in [9.17, 15) is 25.3 Å². The third-order valence-corrected chi connectivity index (χ3v) is 5.48. The molecule has 1 N–H and O–H groups in total. The Morgan fingerprint density at radius 3 is 1.77 bits per heavy atom. The standard InChI is InChI=1S/C16H19N3O3.C12H10N2O3/c1-12-8-13(4-5-17-12)14-9-15(19(20)21)11-16(10-14)22-7-6-18(2)3;1-8-4-9(2-3-13-8)10-5-11(14(16)17)7-12(15)6-10/h4-5,8-11H,6-7H2,1-3H3;2-7,15H,1H3. The number of nitrogens with zero attached hydrogens (tertiary/aromatic N) is 5. The Balaban J connectivity index is 0.000000223. The summed E-state index contributed by atoms with van der Waals surface area (Å²) in [6.07, 6.45) is 3.32. The lowest BCUT2D eigenvalue weighted by molar-refractivity contribution is -0.385. The summed E-state index contributed by atoms with van der Waals surface area (Å²) >= 11 is 0. The number of aromatic hydroxyl groups is 1. The summed E-state index contributed by atoms with van der Waals surface area (Å²) in [5.74, 6) is 0.379. The van der Waals surface area contributed by atoms with Crippen LogP contribution in [0.15, 0.2) is 73.1 Å². The zero-order valence-corrected chi connectivity index (χ0v) is 22.1. The summed E-state index contributed by atoms with van der Waals surface area (Å²) in [6, 6.07) is 16.1. The maximum absolute atomic E-state index is 11.1. The van der Waals surface area contributed by atoms with Gasteiger partial charge < -0.3 is 14.7 Å². The number of aryl methyl sites for hydroxylation is 2. The van der Waals surface area contributed by atoms with E-state index >= 15 is 0 Å². The molecule has 0 aliphatic rings. The molecular weight excluding hydrogens is 502 g/mol. The van der Waals surface area contributed by atoms with Gasteiger partial charge in [0.25, 0.3) is 11.4 Å². The highest BCUT2D eigenvalue weighted by Gasteiger charge is 2.13. The average molecular weight is 532 g/mol. The Hall–Kier alpha value is -4.90. The van der Waals surface area contributed by atoms with E-state index in [-0.39, 0.29) is 17.1 Å². The van der Waals surface area contributed by atoms with Crippen LogP contribution in [0, 0.1) is 34.1 Å². The van der Waals surface area contributed by atoms with Crippen molar-refractivity contribution in [3.63, 3.8) is 0 Å². The van der Waals surface area contributed by atoms with Crippen LogP contribution in [0.1, 0.15) is 11.4 Å². The molecule has 0 radical (unpaired) electrons. The number of nitro benzene ring substituents is 2. The van der Waals surface area contributed by atoms with Crippen LogP contribution < -0.4 is 4.74 Å². The largest absolute Gasteiger partial charge is 0.508 e. The molecule has 0 atom stereocenters. The molecule has 4 rings (SSSR count).